The van der Waals surface area contributed by atoms with Crippen LogP contribution in [0.15, 0.2) is 48.8 Å². The van der Waals surface area contributed by atoms with Gasteiger partial charge in [-0.1, -0.05) is 12.1 Å². The van der Waals surface area contributed by atoms with Crippen molar-refractivity contribution in [1.82, 2.24) is 15.2 Å². The van der Waals surface area contributed by atoms with Gasteiger partial charge in [0.1, 0.15) is 5.82 Å². The van der Waals surface area contributed by atoms with Gasteiger partial charge in [-0.05, 0) is 24.3 Å². The molecule has 0 aliphatic rings. The summed E-state index contributed by atoms with van der Waals surface area (Å²) in [4.78, 5) is 16.1. The van der Waals surface area contributed by atoms with Gasteiger partial charge in [0, 0.05) is 11.8 Å². The van der Waals surface area contributed by atoms with E-state index in [0.717, 1.165) is 0 Å². The molecule has 0 aliphatic heterocycles. The van der Waals surface area contributed by atoms with E-state index in [-0.39, 0.29) is 28.4 Å². The molecule has 2 aromatic heterocycles. The molecule has 110 valence electrons. The van der Waals surface area contributed by atoms with Gasteiger partial charge in [-0.3, -0.25) is 9.89 Å². The van der Waals surface area contributed by atoms with E-state index in [4.69, 9.17) is 0 Å². The lowest BCUT2D eigenvalue weighted by Crippen LogP contribution is -2.13. The molecule has 0 atom stereocenters. The molecule has 3 N–H and O–H groups in total. The maximum Gasteiger partial charge on any atom is 0.260 e. The van der Waals surface area contributed by atoms with Crippen LogP contribution in [0.25, 0.3) is 11.3 Å². The molecule has 0 spiro atoms. The number of nitrogens with zero attached hydrogens (tertiary/aromatic N) is 2. The molecular weight excluding hydrogens is 287 g/mol. The number of carbonyl (C=O) groups is 1. The highest BCUT2D eigenvalue weighted by molar-refractivity contribution is 6.08. The van der Waals surface area contributed by atoms with Gasteiger partial charge in [0.15, 0.2) is 11.6 Å². The Bertz CT molecular complexity index is 832. The molecular formula is C15H11FN4O2. The summed E-state index contributed by atoms with van der Waals surface area (Å²) >= 11 is 0. The van der Waals surface area contributed by atoms with Gasteiger partial charge in [-0.25, -0.2) is 9.37 Å². The second kappa shape index (κ2) is 5.65. The Labute approximate surface area is 124 Å². The average molecular weight is 298 g/mol. The lowest BCUT2D eigenvalue weighted by Gasteiger charge is -2.07. The Kier molecular flexibility index (Phi) is 3.53. The van der Waals surface area contributed by atoms with Crippen LogP contribution in [0.4, 0.5) is 10.2 Å². The molecule has 0 unspecified atom stereocenters. The fourth-order valence-electron chi connectivity index (χ4n) is 2.00. The summed E-state index contributed by atoms with van der Waals surface area (Å²) in [6, 6.07) is 8.98. The minimum Gasteiger partial charge on any atom is -0.504 e. The minimum atomic E-state index is -0.555. The highest BCUT2D eigenvalue weighted by Gasteiger charge is 2.18. The van der Waals surface area contributed by atoms with E-state index in [1.165, 1.54) is 36.7 Å². The number of aromatic nitrogens is 3. The Morgan fingerprint density at radius 2 is 2.05 bits per heavy atom. The maximum absolute atomic E-state index is 13.9. The number of H-pyrrole nitrogens is 1. The SMILES string of the molecule is O=C(Nc1ncccc1O)c1cn[nH]c1-c1ccccc1F. The average Bonchev–Trinajstić information content (AvgIpc) is 2.99. The number of anilines is 1. The number of benzene rings is 1. The van der Waals surface area contributed by atoms with E-state index < -0.39 is 11.7 Å². The highest BCUT2D eigenvalue weighted by Crippen LogP contribution is 2.25. The van der Waals surface area contributed by atoms with Crippen LogP contribution in [-0.2, 0) is 0 Å². The fourth-order valence-corrected chi connectivity index (χ4v) is 2.00. The lowest BCUT2D eigenvalue weighted by molar-refractivity contribution is 0.102. The molecule has 1 amide bonds. The predicted molar refractivity (Wildman–Crippen MR) is 77.8 cm³/mol. The van der Waals surface area contributed by atoms with Crippen LogP contribution in [0.2, 0.25) is 0 Å². The highest BCUT2D eigenvalue weighted by atomic mass is 19.1. The standard InChI is InChI=1S/C15H11FN4O2/c16-11-5-2-1-4-9(11)13-10(8-18-20-13)15(22)19-14-12(21)6-3-7-17-14/h1-8,21H,(H,18,20)(H,17,19,22). The van der Waals surface area contributed by atoms with Crippen molar-refractivity contribution < 1.29 is 14.3 Å². The van der Waals surface area contributed by atoms with Gasteiger partial charge in [0.25, 0.3) is 5.91 Å². The molecule has 3 aromatic rings. The second-order valence-corrected chi connectivity index (χ2v) is 4.46. The first-order valence-electron chi connectivity index (χ1n) is 6.40. The predicted octanol–water partition coefficient (Wildman–Crippen LogP) is 2.57. The zero-order valence-corrected chi connectivity index (χ0v) is 11.2. The molecule has 22 heavy (non-hydrogen) atoms. The molecule has 2 heterocycles. The van der Waals surface area contributed by atoms with Crippen molar-refractivity contribution in [3.63, 3.8) is 0 Å². The normalized spacial score (nSPS) is 10.4. The molecule has 3 rings (SSSR count). The number of aromatic amines is 1. The van der Waals surface area contributed by atoms with E-state index in [1.54, 1.807) is 12.1 Å². The number of hydrogen-bond donors (Lipinski definition) is 3. The number of pyridine rings is 1. The maximum atomic E-state index is 13.9. The van der Waals surface area contributed by atoms with E-state index in [0.29, 0.717) is 0 Å². The molecule has 0 bridgehead atoms. The van der Waals surface area contributed by atoms with Crippen LogP contribution in [0.1, 0.15) is 10.4 Å². The Hall–Kier alpha value is -3.22. The van der Waals surface area contributed by atoms with Crippen LogP contribution < -0.4 is 5.32 Å². The number of halogens is 1. The Balaban J connectivity index is 1.94. The van der Waals surface area contributed by atoms with E-state index >= 15 is 0 Å². The topological polar surface area (TPSA) is 90.9 Å². The first-order valence-corrected chi connectivity index (χ1v) is 6.40. The molecule has 6 nitrogen and oxygen atoms in total. The van der Waals surface area contributed by atoms with Crippen molar-refractivity contribution in [3.05, 3.63) is 60.2 Å². The Morgan fingerprint density at radius 3 is 2.82 bits per heavy atom. The Morgan fingerprint density at radius 1 is 1.23 bits per heavy atom. The number of nitrogens with one attached hydrogen (secondary N) is 2. The number of aromatic hydroxyl groups is 1. The summed E-state index contributed by atoms with van der Waals surface area (Å²) in [5, 5.41) is 18.5. The smallest absolute Gasteiger partial charge is 0.260 e. The largest absolute Gasteiger partial charge is 0.504 e. The molecule has 0 fully saturated rings. The zero-order valence-electron chi connectivity index (χ0n) is 11.2. The molecule has 0 radical (unpaired) electrons. The van der Waals surface area contributed by atoms with Crippen LogP contribution in [-0.4, -0.2) is 26.2 Å². The third-order valence-corrected chi connectivity index (χ3v) is 3.05. The van der Waals surface area contributed by atoms with Crippen molar-refractivity contribution >= 4 is 11.7 Å². The van der Waals surface area contributed by atoms with Crippen molar-refractivity contribution in [3.8, 4) is 17.0 Å². The number of carbonyl (C=O) groups excluding carboxylic acids is 1. The van der Waals surface area contributed by atoms with Gasteiger partial charge in [0.2, 0.25) is 0 Å². The molecule has 0 aliphatic carbocycles. The molecule has 0 saturated carbocycles. The van der Waals surface area contributed by atoms with E-state index in [2.05, 4.69) is 20.5 Å². The number of hydrogen-bond acceptors (Lipinski definition) is 4. The first kappa shape index (κ1) is 13.7. The summed E-state index contributed by atoms with van der Waals surface area (Å²) in [5.74, 6) is -1.16. The first-order chi connectivity index (χ1) is 10.7. The fraction of sp³-hybridized carbons (Fsp3) is 0. The summed E-state index contributed by atoms with van der Waals surface area (Å²) in [7, 11) is 0. The van der Waals surface area contributed by atoms with Crippen LogP contribution >= 0.6 is 0 Å². The van der Waals surface area contributed by atoms with Crippen molar-refractivity contribution in [2.45, 2.75) is 0 Å². The minimum absolute atomic E-state index is 0.0215. The lowest BCUT2D eigenvalue weighted by atomic mass is 10.1. The van der Waals surface area contributed by atoms with Crippen LogP contribution in [0, 0.1) is 5.82 Å². The third-order valence-electron chi connectivity index (χ3n) is 3.05. The van der Waals surface area contributed by atoms with Crippen molar-refractivity contribution in [2.75, 3.05) is 5.32 Å². The van der Waals surface area contributed by atoms with Crippen LogP contribution in [0.5, 0.6) is 5.75 Å². The molecule has 0 saturated heterocycles. The van der Waals surface area contributed by atoms with Gasteiger partial charge < -0.3 is 10.4 Å². The van der Waals surface area contributed by atoms with Gasteiger partial charge >= 0.3 is 0 Å². The molecule has 1 aromatic carbocycles. The number of amides is 1. The molecule has 7 heteroatoms. The number of rotatable bonds is 3. The summed E-state index contributed by atoms with van der Waals surface area (Å²) in [5.41, 5.74) is 0.636. The summed E-state index contributed by atoms with van der Waals surface area (Å²) in [6.07, 6.45) is 2.72. The quantitative estimate of drug-likeness (QED) is 0.693. The zero-order chi connectivity index (χ0) is 15.5. The second-order valence-electron chi connectivity index (χ2n) is 4.46. The van der Waals surface area contributed by atoms with Gasteiger partial charge in [0.05, 0.1) is 17.5 Å². The monoisotopic (exact) mass is 298 g/mol. The van der Waals surface area contributed by atoms with Gasteiger partial charge in [-0.2, -0.15) is 5.10 Å². The summed E-state index contributed by atoms with van der Waals surface area (Å²) < 4.78 is 13.9. The third kappa shape index (κ3) is 2.51. The summed E-state index contributed by atoms with van der Waals surface area (Å²) in [6.45, 7) is 0. The van der Waals surface area contributed by atoms with Gasteiger partial charge in [-0.15, -0.1) is 0 Å². The van der Waals surface area contributed by atoms with E-state index in [1.807, 2.05) is 0 Å². The van der Waals surface area contributed by atoms with Crippen molar-refractivity contribution in [2.24, 2.45) is 0 Å². The van der Waals surface area contributed by atoms with E-state index in [9.17, 15) is 14.3 Å². The van der Waals surface area contributed by atoms with Crippen LogP contribution in [0.3, 0.4) is 0 Å². The van der Waals surface area contributed by atoms with Crippen molar-refractivity contribution in [1.29, 1.82) is 0 Å².